The van der Waals surface area contributed by atoms with Crippen LogP contribution in [0.3, 0.4) is 0 Å². The summed E-state index contributed by atoms with van der Waals surface area (Å²) >= 11 is 0. The summed E-state index contributed by atoms with van der Waals surface area (Å²) in [4.78, 5) is 14.0. The van der Waals surface area contributed by atoms with Gasteiger partial charge in [0.2, 0.25) is 5.91 Å². The van der Waals surface area contributed by atoms with Gasteiger partial charge < -0.3 is 14.8 Å². The summed E-state index contributed by atoms with van der Waals surface area (Å²) in [5.74, 6) is 2.20. The quantitative estimate of drug-likeness (QED) is 0.882. The van der Waals surface area contributed by atoms with Gasteiger partial charge in [-0.25, -0.2) is 0 Å². The number of fused-ring (bicyclic) bond motifs is 1. The van der Waals surface area contributed by atoms with Crippen LogP contribution < -0.4 is 5.32 Å². The molecule has 3 rings (SSSR count). The molecule has 6 nitrogen and oxygen atoms in total. The molecule has 1 atom stereocenters. The van der Waals surface area contributed by atoms with E-state index in [1.165, 1.54) is 19.3 Å². The molecule has 1 fully saturated rings. The van der Waals surface area contributed by atoms with Crippen LogP contribution in [0, 0.1) is 0 Å². The lowest BCUT2D eigenvalue weighted by Crippen LogP contribution is -2.35. The minimum atomic E-state index is 0.206. The molecular weight excluding hydrogens is 266 g/mol. The highest BCUT2D eigenvalue weighted by Gasteiger charge is 2.20. The second-order valence-electron chi connectivity index (χ2n) is 6.22. The summed E-state index contributed by atoms with van der Waals surface area (Å²) in [5.41, 5.74) is 0. The Kier molecular flexibility index (Phi) is 4.53. The zero-order valence-corrected chi connectivity index (χ0v) is 12.8. The van der Waals surface area contributed by atoms with Crippen LogP contribution in [0.15, 0.2) is 0 Å². The van der Waals surface area contributed by atoms with Gasteiger partial charge in [-0.2, -0.15) is 0 Å². The molecule has 2 aliphatic rings. The van der Waals surface area contributed by atoms with Gasteiger partial charge in [0.05, 0.1) is 6.54 Å². The van der Waals surface area contributed by atoms with Crippen LogP contribution in [-0.2, 0) is 24.3 Å². The standard InChI is InChI=1S/C15H25N5O/c1-19(11-14-18-17-13-6-4-10-20(13)14)15(21)8-7-12-5-2-3-9-16-12/h12,16H,2-11H2,1H3. The molecule has 0 spiro atoms. The van der Waals surface area contributed by atoms with Crippen molar-refractivity contribution in [3.05, 3.63) is 11.6 Å². The Hall–Kier alpha value is -1.43. The first-order valence-electron chi connectivity index (χ1n) is 8.12. The lowest BCUT2D eigenvalue weighted by atomic mass is 10.0. The van der Waals surface area contributed by atoms with Crippen LogP contribution in [0.2, 0.25) is 0 Å². The van der Waals surface area contributed by atoms with Crippen molar-refractivity contribution >= 4 is 5.91 Å². The molecule has 1 aromatic rings. The maximum absolute atomic E-state index is 12.3. The second kappa shape index (κ2) is 6.56. The monoisotopic (exact) mass is 291 g/mol. The van der Waals surface area contributed by atoms with Gasteiger partial charge in [-0.1, -0.05) is 6.42 Å². The van der Waals surface area contributed by atoms with Crippen molar-refractivity contribution in [3.8, 4) is 0 Å². The molecule has 1 saturated heterocycles. The molecule has 0 aromatic carbocycles. The predicted molar refractivity (Wildman–Crippen MR) is 79.7 cm³/mol. The summed E-state index contributed by atoms with van der Waals surface area (Å²) in [6.07, 6.45) is 7.47. The minimum Gasteiger partial charge on any atom is -0.338 e. The normalized spacial score (nSPS) is 21.3. The Labute approximate surface area is 125 Å². The third-order valence-corrected chi connectivity index (χ3v) is 4.61. The summed E-state index contributed by atoms with van der Waals surface area (Å²) in [7, 11) is 1.87. The Morgan fingerprint density at radius 1 is 1.38 bits per heavy atom. The maximum atomic E-state index is 12.3. The van der Waals surface area contributed by atoms with E-state index >= 15 is 0 Å². The van der Waals surface area contributed by atoms with Crippen molar-refractivity contribution in [1.82, 2.24) is 25.0 Å². The van der Waals surface area contributed by atoms with Crippen LogP contribution in [0.5, 0.6) is 0 Å². The molecule has 0 bridgehead atoms. The molecule has 0 saturated carbocycles. The smallest absolute Gasteiger partial charge is 0.222 e. The van der Waals surface area contributed by atoms with Crippen molar-refractivity contribution in [2.75, 3.05) is 13.6 Å². The van der Waals surface area contributed by atoms with E-state index in [-0.39, 0.29) is 5.91 Å². The van der Waals surface area contributed by atoms with Crippen molar-refractivity contribution in [2.24, 2.45) is 0 Å². The van der Waals surface area contributed by atoms with Crippen LogP contribution in [-0.4, -0.2) is 45.2 Å². The number of amides is 1. The lowest BCUT2D eigenvalue weighted by Gasteiger charge is -2.24. The van der Waals surface area contributed by atoms with Crippen LogP contribution in [0.4, 0.5) is 0 Å². The number of rotatable bonds is 5. The average Bonchev–Trinajstić information content (AvgIpc) is 3.11. The van der Waals surface area contributed by atoms with Crippen LogP contribution >= 0.6 is 0 Å². The molecule has 1 N–H and O–H groups in total. The van der Waals surface area contributed by atoms with E-state index in [1.54, 1.807) is 4.90 Å². The number of hydrogen-bond donors (Lipinski definition) is 1. The number of piperidine rings is 1. The minimum absolute atomic E-state index is 0.206. The number of nitrogens with one attached hydrogen (secondary N) is 1. The predicted octanol–water partition coefficient (Wildman–Crippen LogP) is 1.10. The highest BCUT2D eigenvalue weighted by atomic mass is 16.2. The molecule has 6 heteroatoms. The Bertz CT molecular complexity index is 492. The zero-order valence-electron chi connectivity index (χ0n) is 12.8. The van der Waals surface area contributed by atoms with Crippen molar-refractivity contribution in [2.45, 2.75) is 64.1 Å². The number of nitrogens with zero attached hydrogens (tertiary/aromatic N) is 4. The Balaban J connectivity index is 1.47. The molecule has 2 aliphatic heterocycles. The van der Waals surface area contributed by atoms with Crippen molar-refractivity contribution < 1.29 is 4.79 Å². The van der Waals surface area contributed by atoms with E-state index in [0.717, 1.165) is 44.0 Å². The Morgan fingerprint density at radius 2 is 2.29 bits per heavy atom. The number of carbonyl (C=O) groups excluding carboxylic acids is 1. The zero-order chi connectivity index (χ0) is 14.7. The van der Waals surface area contributed by atoms with E-state index in [2.05, 4.69) is 20.1 Å². The first-order valence-corrected chi connectivity index (χ1v) is 8.12. The molecule has 1 aromatic heterocycles. The topological polar surface area (TPSA) is 63.1 Å². The summed E-state index contributed by atoms with van der Waals surface area (Å²) in [6, 6.07) is 0.522. The van der Waals surface area contributed by atoms with E-state index < -0.39 is 0 Å². The molecule has 116 valence electrons. The van der Waals surface area contributed by atoms with Gasteiger partial charge in [-0.15, -0.1) is 10.2 Å². The molecule has 21 heavy (non-hydrogen) atoms. The molecule has 1 unspecified atom stereocenters. The van der Waals surface area contributed by atoms with E-state index in [4.69, 9.17) is 0 Å². The highest BCUT2D eigenvalue weighted by Crippen LogP contribution is 2.16. The summed E-state index contributed by atoms with van der Waals surface area (Å²) in [6.45, 7) is 2.66. The van der Waals surface area contributed by atoms with Gasteiger partial charge in [0.15, 0.2) is 5.82 Å². The van der Waals surface area contributed by atoms with Gasteiger partial charge in [-0.05, 0) is 32.2 Å². The molecular formula is C15H25N5O. The van der Waals surface area contributed by atoms with Gasteiger partial charge in [-0.3, -0.25) is 4.79 Å². The van der Waals surface area contributed by atoms with Crippen molar-refractivity contribution in [1.29, 1.82) is 0 Å². The fourth-order valence-electron chi connectivity index (χ4n) is 3.29. The summed E-state index contributed by atoms with van der Waals surface area (Å²) < 4.78 is 2.16. The maximum Gasteiger partial charge on any atom is 0.222 e. The van der Waals surface area contributed by atoms with Crippen LogP contribution in [0.25, 0.3) is 0 Å². The first-order chi connectivity index (χ1) is 10.2. The summed E-state index contributed by atoms with van der Waals surface area (Å²) in [5, 5.41) is 11.9. The van der Waals surface area contributed by atoms with Gasteiger partial charge in [0, 0.05) is 32.5 Å². The Morgan fingerprint density at radius 3 is 3.10 bits per heavy atom. The first kappa shape index (κ1) is 14.5. The lowest BCUT2D eigenvalue weighted by molar-refractivity contribution is -0.130. The fourth-order valence-corrected chi connectivity index (χ4v) is 3.29. The van der Waals surface area contributed by atoms with Crippen LogP contribution in [0.1, 0.15) is 50.2 Å². The van der Waals surface area contributed by atoms with E-state index in [9.17, 15) is 4.79 Å². The molecule has 3 heterocycles. The van der Waals surface area contributed by atoms with E-state index in [1.807, 2.05) is 7.05 Å². The molecule has 0 aliphatic carbocycles. The third kappa shape index (κ3) is 3.43. The van der Waals surface area contributed by atoms with Gasteiger partial charge in [0.1, 0.15) is 5.82 Å². The molecule has 1 amide bonds. The van der Waals surface area contributed by atoms with Gasteiger partial charge >= 0.3 is 0 Å². The SMILES string of the molecule is CN(Cc1nnc2n1CCC2)C(=O)CCC1CCCCN1. The van der Waals surface area contributed by atoms with Crippen molar-refractivity contribution in [3.63, 3.8) is 0 Å². The number of hydrogen-bond acceptors (Lipinski definition) is 4. The van der Waals surface area contributed by atoms with Gasteiger partial charge in [0.25, 0.3) is 0 Å². The number of carbonyl (C=O) groups is 1. The number of aromatic nitrogens is 3. The molecule has 0 radical (unpaired) electrons. The average molecular weight is 291 g/mol. The number of aryl methyl sites for hydroxylation is 1. The fraction of sp³-hybridized carbons (Fsp3) is 0.800. The highest BCUT2D eigenvalue weighted by molar-refractivity contribution is 5.75. The van der Waals surface area contributed by atoms with E-state index in [0.29, 0.717) is 19.0 Å². The second-order valence-corrected chi connectivity index (χ2v) is 6.22. The largest absolute Gasteiger partial charge is 0.338 e. The third-order valence-electron chi connectivity index (χ3n) is 4.61.